The third kappa shape index (κ3) is 4.22. The molecule has 0 atom stereocenters. The van der Waals surface area contributed by atoms with Crippen LogP contribution in [-0.4, -0.2) is 21.3 Å². The predicted octanol–water partition coefficient (Wildman–Crippen LogP) is 4.32. The average molecular weight is 377 g/mol. The number of hydrogen-bond acceptors (Lipinski definition) is 4. The first kappa shape index (κ1) is 17.1. The van der Waals surface area contributed by atoms with Crippen molar-refractivity contribution < 1.29 is 12.6 Å². The van der Waals surface area contributed by atoms with Crippen molar-refractivity contribution in [2.24, 2.45) is 0 Å². The number of allylic oxidation sites excluding steroid dienone is 1. The van der Waals surface area contributed by atoms with Gasteiger partial charge in [0, 0.05) is 26.0 Å². The zero-order chi connectivity index (χ0) is 17.2. The standard InChI is InChI=1S/C18H13ClO3S2/c1-24(20,21)22-10-4-6-13-11-14-5-2-3-7-17(14)23-18-9-8-15(19)12-16(13)18/h2-3,5,7-9,11-12H,10H2,1H3. The van der Waals surface area contributed by atoms with E-state index >= 15 is 0 Å². The van der Waals surface area contributed by atoms with Crippen molar-refractivity contribution in [3.63, 3.8) is 0 Å². The summed E-state index contributed by atoms with van der Waals surface area (Å²) in [6.07, 6.45) is 2.99. The lowest BCUT2D eigenvalue weighted by Gasteiger charge is -2.07. The molecule has 0 spiro atoms. The van der Waals surface area contributed by atoms with Gasteiger partial charge in [0.2, 0.25) is 0 Å². The lowest BCUT2D eigenvalue weighted by atomic mass is 10.0. The van der Waals surface area contributed by atoms with E-state index < -0.39 is 10.1 Å². The van der Waals surface area contributed by atoms with Gasteiger partial charge in [0.25, 0.3) is 10.1 Å². The molecule has 3 nitrogen and oxygen atoms in total. The van der Waals surface area contributed by atoms with Gasteiger partial charge in [-0.1, -0.05) is 53.4 Å². The summed E-state index contributed by atoms with van der Waals surface area (Å²) >= 11 is 7.79. The lowest BCUT2D eigenvalue weighted by Crippen LogP contribution is -2.02. The quantitative estimate of drug-likeness (QED) is 0.578. The van der Waals surface area contributed by atoms with E-state index in [-0.39, 0.29) is 6.61 Å². The number of rotatable bonds is 2. The molecular formula is C18H13ClO3S2. The molecule has 0 saturated heterocycles. The minimum Gasteiger partial charge on any atom is -0.257 e. The summed E-state index contributed by atoms with van der Waals surface area (Å²) in [6.45, 7) is -0.180. The van der Waals surface area contributed by atoms with Crippen LogP contribution in [0, 0.1) is 11.8 Å². The van der Waals surface area contributed by atoms with E-state index in [0.717, 1.165) is 32.7 Å². The minimum atomic E-state index is -3.50. The monoisotopic (exact) mass is 376 g/mol. The molecule has 0 fully saturated rings. The number of halogens is 1. The maximum Gasteiger partial charge on any atom is 0.265 e. The van der Waals surface area contributed by atoms with Crippen LogP contribution in [0.4, 0.5) is 0 Å². The van der Waals surface area contributed by atoms with E-state index in [1.54, 1.807) is 11.8 Å². The third-order valence-corrected chi connectivity index (χ3v) is 5.19. The highest BCUT2D eigenvalue weighted by atomic mass is 35.5. The number of benzene rings is 2. The fraction of sp³-hybridized carbons (Fsp3) is 0.111. The lowest BCUT2D eigenvalue weighted by molar-refractivity contribution is 0.368. The van der Waals surface area contributed by atoms with Crippen molar-refractivity contribution in [2.75, 3.05) is 12.9 Å². The van der Waals surface area contributed by atoms with Crippen molar-refractivity contribution >= 4 is 45.1 Å². The molecule has 0 N–H and O–H groups in total. The van der Waals surface area contributed by atoms with Crippen LogP contribution in [0.1, 0.15) is 11.1 Å². The molecule has 1 heterocycles. The Morgan fingerprint density at radius 2 is 1.96 bits per heavy atom. The van der Waals surface area contributed by atoms with Crippen molar-refractivity contribution in [3.8, 4) is 11.8 Å². The molecule has 0 amide bonds. The molecule has 24 heavy (non-hydrogen) atoms. The first-order chi connectivity index (χ1) is 11.4. The van der Waals surface area contributed by atoms with Gasteiger partial charge in [-0.15, -0.1) is 0 Å². The average Bonchev–Trinajstić information content (AvgIpc) is 2.67. The summed E-state index contributed by atoms with van der Waals surface area (Å²) in [5, 5.41) is 0.625. The van der Waals surface area contributed by atoms with Crippen molar-refractivity contribution in [1.29, 1.82) is 0 Å². The zero-order valence-corrected chi connectivity index (χ0v) is 15.1. The van der Waals surface area contributed by atoms with Crippen LogP contribution >= 0.6 is 23.4 Å². The Kier molecular flexibility index (Phi) is 5.02. The van der Waals surface area contributed by atoms with Crippen LogP contribution in [0.15, 0.2) is 52.3 Å². The van der Waals surface area contributed by atoms with Crippen molar-refractivity contribution in [1.82, 2.24) is 0 Å². The molecule has 122 valence electrons. The van der Waals surface area contributed by atoms with Gasteiger partial charge in [0.1, 0.15) is 6.61 Å². The van der Waals surface area contributed by atoms with E-state index in [1.807, 2.05) is 42.5 Å². The van der Waals surface area contributed by atoms with Gasteiger partial charge >= 0.3 is 0 Å². The zero-order valence-electron chi connectivity index (χ0n) is 12.7. The molecule has 6 heteroatoms. The van der Waals surface area contributed by atoms with E-state index in [2.05, 4.69) is 22.1 Å². The summed E-state index contributed by atoms with van der Waals surface area (Å²) in [4.78, 5) is 2.18. The summed E-state index contributed by atoms with van der Waals surface area (Å²) in [7, 11) is -3.50. The Hall–Kier alpha value is -1.71. The smallest absolute Gasteiger partial charge is 0.257 e. The Morgan fingerprint density at radius 3 is 2.75 bits per heavy atom. The highest BCUT2D eigenvalue weighted by Crippen LogP contribution is 2.41. The molecule has 0 aliphatic carbocycles. The number of fused-ring (bicyclic) bond motifs is 2. The van der Waals surface area contributed by atoms with E-state index in [4.69, 9.17) is 11.6 Å². The SMILES string of the molecule is CS(=O)(=O)OCC#CC1=Cc2ccccc2Sc2ccc(Cl)cc21. The second-order valence-corrected chi connectivity index (χ2v) is 8.27. The fourth-order valence-corrected chi connectivity index (χ4v) is 3.71. The maximum atomic E-state index is 11.0. The topological polar surface area (TPSA) is 43.4 Å². The van der Waals surface area contributed by atoms with Crippen molar-refractivity contribution in [2.45, 2.75) is 9.79 Å². The van der Waals surface area contributed by atoms with Crippen LogP contribution in [0.25, 0.3) is 11.6 Å². The molecule has 2 aromatic rings. The van der Waals surface area contributed by atoms with Gasteiger partial charge < -0.3 is 0 Å². The van der Waals surface area contributed by atoms with E-state index in [0.29, 0.717) is 5.02 Å². The van der Waals surface area contributed by atoms with Crippen LogP contribution in [0.3, 0.4) is 0 Å². The summed E-state index contributed by atoms with van der Waals surface area (Å²) in [5.41, 5.74) is 2.76. The molecule has 0 bridgehead atoms. The second-order valence-electron chi connectivity index (χ2n) is 5.11. The molecule has 2 aromatic carbocycles. The molecule has 0 aromatic heterocycles. The molecule has 3 rings (SSSR count). The van der Waals surface area contributed by atoms with E-state index in [9.17, 15) is 8.42 Å². The Bertz CT molecular complexity index is 983. The third-order valence-electron chi connectivity index (χ3n) is 3.24. The predicted molar refractivity (Wildman–Crippen MR) is 98.5 cm³/mol. The highest BCUT2D eigenvalue weighted by Gasteiger charge is 2.15. The molecule has 1 aliphatic heterocycles. The highest BCUT2D eigenvalue weighted by molar-refractivity contribution is 7.99. The largest absolute Gasteiger partial charge is 0.265 e. The summed E-state index contributed by atoms with van der Waals surface area (Å²) < 4.78 is 26.7. The van der Waals surface area contributed by atoms with Gasteiger partial charge in [-0.2, -0.15) is 8.42 Å². The van der Waals surface area contributed by atoms with Crippen LogP contribution in [0.5, 0.6) is 0 Å². The Morgan fingerprint density at radius 1 is 1.17 bits per heavy atom. The summed E-state index contributed by atoms with van der Waals surface area (Å²) in [5.74, 6) is 5.77. The first-order valence-electron chi connectivity index (χ1n) is 7.04. The molecular weight excluding hydrogens is 364 g/mol. The van der Waals surface area contributed by atoms with Gasteiger partial charge in [0.15, 0.2) is 0 Å². The molecule has 0 saturated carbocycles. The molecule has 0 unspecified atom stereocenters. The van der Waals surface area contributed by atoms with Gasteiger partial charge in [-0.05, 0) is 35.9 Å². The van der Waals surface area contributed by atoms with Crippen LogP contribution in [-0.2, 0) is 14.3 Å². The van der Waals surface area contributed by atoms with Crippen LogP contribution < -0.4 is 0 Å². The maximum absolute atomic E-state index is 11.0. The van der Waals surface area contributed by atoms with Gasteiger partial charge in [0.05, 0.1) is 6.26 Å². The van der Waals surface area contributed by atoms with E-state index in [1.165, 1.54) is 0 Å². The Labute approximate surface area is 150 Å². The normalized spacial score (nSPS) is 13.0. The van der Waals surface area contributed by atoms with Crippen LogP contribution in [0.2, 0.25) is 5.02 Å². The number of hydrogen-bond donors (Lipinski definition) is 0. The minimum absolute atomic E-state index is 0.180. The second kappa shape index (κ2) is 7.04. The molecule has 1 aliphatic rings. The fourth-order valence-electron chi connectivity index (χ4n) is 2.22. The summed E-state index contributed by atoms with van der Waals surface area (Å²) in [6, 6.07) is 13.7. The Balaban J connectivity index is 2.04. The molecule has 0 radical (unpaired) electrons. The van der Waals surface area contributed by atoms with Gasteiger partial charge in [-0.25, -0.2) is 0 Å². The van der Waals surface area contributed by atoms with Crippen molar-refractivity contribution in [3.05, 3.63) is 58.6 Å². The first-order valence-corrected chi connectivity index (χ1v) is 10.1. The van der Waals surface area contributed by atoms with Gasteiger partial charge in [-0.3, -0.25) is 4.18 Å².